The Balaban J connectivity index is 1.74. The van der Waals surface area contributed by atoms with Crippen LogP contribution in [0.5, 0.6) is 0 Å². The zero-order chi connectivity index (χ0) is 14.4. The van der Waals surface area contributed by atoms with Gasteiger partial charge >= 0.3 is 0 Å². The van der Waals surface area contributed by atoms with Crippen LogP contribution in [-0.4, -0.2) is 60.3 Å². The minimum absolute atomic E-state index is 0.146. The highest BCUT2D eigenvalue weighted by molar-refractivity contribution is 5.16. The Morgan fingerprint density at radius 3 is 2.65 bits per heavy atom. The van der Waals surface area contributed by atoms with Crippen LogP contribution in [0, 0.1) is 5.82 Å². The third kappa shape index (κ3) is 4.54. The Labute approximate surface area is 121 Å². The van der Waals surface area contributed by atoms with Crippen LogP contribution in [-0.2, 0) is 6.42 Å². The summed E-state index contributed by atoms with van der Waals surface area (Å²) in [5, 5.41) is 8.94. The van der Waals surface area contributed by atoms with Crippen molar-refractivity contribution in [1.82, 2.24) is 9.80 Å². The fourth-order valence-corrected chi connectivity index (χ4v) is 2.82. The van der Waals surface area contributed by atoms with Gasteiger partial charge < -0.3 is 5.11 Å². The van der Waals surface area contributed by atoms with Crippen molar-refractivity contribution in [3.8, 4) is 0 Å². The van der Waals surface area contributed by atoms with Gasteiger partial charge in [-0.05, 0) is 37.5 Å². The average Bonchev–Trinajstić information content (AvgIpc) is 2.46. The maximum Gasteiger partial charge on any atom is 0.123 e. The van der Waals surface area contributed by atoms with Gasteiger partial charge in [-0.1, -0.05) is 12.1 Å². The first kappa shape index (κ1) is 15.4. The molecule has 112 valence electrons. The quantitative estimate of drug-likeness (QED) is 0.860. The molecule has 0 spiro atoms. The lowest BCUT2D eigenvalue weighted by Crippen LogP contribution is -2.50. The number of hydrogen-bond donors (Lipinski definition) is 1. The number of rotatable bonds is 6. The van der Waals surface area contributed by atoms with Crippen molar-refractivity contribution in [3.63, 3.8) is 0 Å². The number of hydrogen-bond acceptors (Lipinski definition) is 3. The molecule has 2 rings (SSSR count). The van der Waals surface area contributed by atoms with Gasteiger partial charge in [0.05, 0.1) is 6.61 Å². The second kappa shape index (κ2) is 7.72. The topological polar surface area (TPSA) is 26.7 Å². The molecule has 1 aromatic rings. The van der Waals surface area contributed by atoms with Gasteiger partial charge in [-0.25, -0.2) is 4.39 Å². The molecule has 1 saturated heterocycles. The van der Waals surface area contributed by atoms with Gasteiger partial charge in [-0.2, -0.15) is 0 Å². The molecule has 1 heterocycles. The second-order valence-corrected chi connectivity index (χ2v) is 5.62. The standard InChI is InChI=1S/C16H25FN2O/c1-14(5-6-15-3-2-4-16(17)13-15)19-9-7-18(8-10-19)11-12-20/h2-4,13-14,20H,5-12H2,1H3. The van der Waals surface area contributed by atoms with Crippen molar-refractivity contribution >= 4 is 0 Å². The van der Waals surface area contributed by atoms with Crippen LogP contribution in [0.3, 0.4) is 0 Å². The Hall–Kier alpha value is -0.970. The zero-order valence-corrected chi connectivity index (χ0v) is 12.3. The Bertz CT molecular complexity index is 405. The van der Waals surface area contributed by atoms with E-state index in [1.807, 2.05) is 6.07 Å². The predicted octanol–water partition coefficient (Wildman–Crippen LogP) is 1.76. The molecule has 1 aliphatic rings. The highest BCUT2D eigenvalue weighted by atomic mass is 19.1. The summed E-state index contributed by atoms with van der Waals surface area (Å²) in [4.78, 5) is 4.79. The molecule has 1 N–H and O–H groups in total. The highest BCUT2D eigenvalue weighted by Crippen LogP contribution is 2.13. The first-order valence-electron chi connectivity index (χ1n) is 7.51. The number of aliphatic hydroxyl groups is 1. The third-order valence-corrected chi connectivity index (χ3v) is 4.19. The summed E-state index contributed by atoms with van der Waals surface area (Å²) in [5.74, 6) is -0.146. The molecule has 1 atom stereocenters. The zero-order valence-electron chi connectivity index (χ0n) is 12.3. The minimum atomic E-state index is -0.146. The van der Waals surface area contributed by atoms with Gasteiger partial charge in [0.25, 0.3) is 0 Å². The van der Waals surface area contributed by atoms with Crippen molar-refractivity contribution in [2.45, 2.75) is 25.8 Å². The number of nitrogens with zero attached hydrogens (tertiary/aromatic N) is 2. The molecule has 0 aromatic heterocycles. The minimum Gasteiger partial charge on any atom is -0.395 e. The second-order valence-electron chi connectivity index (χ2n) is 5.62. The smallest absolute Gasteiger partial charge is 0.123 e. The van der Waals surface area contributed by atoms with E-state index in [0.717, 1.165) is 51.1 Å². The van der Waals surface area contributed by atoms with Crippen LogP contribution < -0.4 is 0 Å². The van der Waals surface area contributed by atoms with Crippen LogP contribution in [0.1, 0.15) is 18.9 Å². The summed E-state index contributed by atoms with van der Waals surface area (Å²) >= 11 is 0. The summed E-state index contributed by atoms with van der Waals surface area (Å²) in [6.45, 7) is 7.46. The predicted molar refractivity (Wildman–Crippen MR) is 79.3 cm³/mol. The van der Waals surface area contributed by atoms with E-state index in [0.29, 0.717) is 6.04 Å². The molecule has 20 heavy (non-hydrogen) atoms. The van der Waals surface area contributed by atoms with E-state index in [1.165, 1.54) is 6.07 Å². The lowest BCUT2D eigenvalue weighted by atomic mass is 10.0. The van der Waals surface area contributed by atoms with Crippen molar-refractivity contribution in [2.24, 2.45) is 0 Å². The molecule has 0 radical (unpaired) electrons. The molecule has 1 aliphatic heterocycles. The van der Waals surface area contributed by atoms with E-state index in [-0.39, 0.29) is 12.4 Å². The summed E-state index contributed by atoms with van der Waals surface area (Å²) in [6.07, 6.45) is 1.99. The molecule has 1 aromatic carbocycles. The molecule has 1 unspecified atom stereocenters. The molecular weight excluding hydrogens is 255 g/mol. The van der Waals surface area contributed by atoms with Crippen LogP contribution in [0.15, 0.2) is 24.3 Å². The maximum atomic E-state index is 13.1. The average molecular weight is 280 g/mol. The van der Waals surface area contributed by atoms with Gasteiger partial charge in [0.2, 0.25) is 0 Å². The third-order valence-electron chi connectivity index (χ3n) is 4.19. The van der Waals surface area contributed by atoms with Crippen LogP contribution in [0.25, 0.3) is 0 Å². The van der Waals surface area contributed by atoms with Gasteiger partial charge in [-0.3, -0.25) is 9.80 Å². The molecule has 1 fully saturated rings. The number of piperazine rings is 1. The number of β-amino-alcohol motifs (C(OH)–C–C–N with tert-alkyl or cyclic N) is 1. The lowest BCUT2D eigenvalue weighted by molar-refractivity contribution is 0.0862. The Morgan fingerprint density at radius 1 is 1.25 bits per heavy atom. The van der Waals surface area contributed by atoms with E-state index in [2.05, 4.69) is 16.7 Å². The number of benzene rings is 1. The number of aryl methyl sites for hydroxylation is 1. The van der Waals surface area contributed by atoms with Gasteiger partial charge in [-0.15, -0.1) is 0 Å². The Morgan fingerprint density at radius 2 is 2.00 bits per heavy atom. The summed E-state index contributed by atoms with van der Waals surface area (Å²) in [5.41, 5.74) is 1.08. The van der Waals surface area contributed by atoms with E-state index >= 15 is 0 Å². The van der Waals surface area contributed by atoms with Gasteiger partial charge in [0, 0.05) is 38.8 Å². The normalized spacial score (nSPS) is 19.1. The van der Waals surface area contributed by atoms with Crippen LogP contribution >= 0.6 is 0 Å². The molecule has 0 aliphatic carbocycles. The van der Waals surface area contributed by atoms with E-state index in [4.69, 9.17) is 5.11 Å². The molecule has 4 heteroatoms. The first-order valence-corrected chi connectivity index (χ1v) is 7.51. The Kier molecular flexibility index (Phi) is 5.95. The maximum absolute atomic E-state index is 13.1. The number of aliphatic hydroxyl groups excluding tert-OH is 1. The largest absolute Gasteiger partial charge is 0.395 e. The fourth-order valence-electron chi connectivity index (χ4n) is 2.82. The van der Waals surface area contributed by atoms with Gasteiger partial charge in [0.15, 0.2) is 0 Å². The van der Waals surface area contributed by atoms with Crippen molar-refractivity contribution in [2.75, 3.05) is 39.3 Å². The van der Waals surface area contributed by atoms with E-state index in [9.17, 15) is 4.39 Å². The van der Waals surface area contributed by atoms with Crippen molar-refractivity contribution < 1.29 is 9.50 Å². The van der Waals surface area contributed by atoms with Crippen molar-refractivity contribution in [1.29, 1.82) is 0 Å². The number of halogens is 1. The van der Waals surface area contributed by atoms with E-state index in [1.54, 1.807) is 12.1 Å². The summed E-state index contributed by atoms with van der Waals surface area (Å²) in [6, 6.07) is 7.42. The molecule has 0 bridgehead atoms. The summed E-state index contributed by atoms with van der Waals surface area (Å²) in [7, 11) is 0. The van der Waals surface area contributed by atoms with Gasteiger partial charge in [0.1, 0.15) is 5.82 Å². The molecule has 0 amide bonds. The SMILES string of the molecule is CC(CCc1cccc(F)c1)N1CCN(CCO)CC1. The van der Waals surface area contributed by atoms with Crippen LogP contribution in [0.2, 0.25) is 0 Å². The molecular formula is C16H25FN2O. The first-order chi connectivity index (χ1) is 9.69. The monoisotopic (exact) mass is 280 g/mol. The molecule has 0 saturated carbocycles. The molecule has 3 nitrogen and oxygen atoms in total. The van der Waals surface area contributed by atoms with Crippen molar-refractivity contribution in [3.05, 3.63) is 35.6 Å². The fraction of sp³-hybridized carbons (Fsp3) is 0.625. The summed E-state index contributed by atoms with van der Waals surface area (Å²) < 4.78 is 13.1. The van der Waals surface area contributed by atoms with E-state index < -0.39 is 0 Å². The van der Waals surface area contributed by atoms with Crippen LogP contribution in [0.4, 0.5) is 4.39 Å². The highest BCUT2D eigenvalue weighted by Gasteiger charge is 2.20. The lowest BCUT2D eigenvalue weighted by Gasteiger charge is -2.38.